The molecular formula is C18H24N2O5. The molecule has 0 saturated carbocycles. The Bertz CT molecular complexity index is 592. The predicted molar refractivity (Wildman–Crippen MR) is 92.4 cm³/mol. The van der Waals surface area contributed by atoms with E-state index in [9.17, 15) is 14.4 Å². The van der Waals surface area contributed by atoms with E-state index in [0.717, 1.165) is 38.8 Å². The first-order valence-corrected chi connectivity index (χ1v) is 8.59. The van der Waals surface area contributed by atoms with Crippen molar-refractivity contribution in [1.82, 2.24) is 4.90 Å². The summed E-state index contributed by atoms with van der Waals surface area (Å²) in [5.41, 5.74) is 0.828. The molecule has 1 aliphatic rings. The number of hydrogen-bond acceptors (Lipinski definition) is 5. The SMILES string of the molecule is CCOC(=O)Nc1ccc(C(=O)OCC(=O)N2CCCCCC2)cc1. The number of esters is 1. The summed E-state index contributed by atoms with van der Waals surface area (Å²) in [6, 6.07) is 6.20. The monoisotopic (exact) mass is 348 g/mol. The summed E-state index contributed by atoms with van der Waals surface area (Å²) in [6.45, 7) is 3.20. The molecule has 1 aromatic rings. The lowest BCUT2D eigenvalue weighted by Gasteiger charge is -2.19. The van der Waals surface area contributed by atoms with Crippen molar-refractivity contribution in [2.24, 2.45) is 0 Å². The first kappa shape index (κ1) is 18.8. The average molecular weight is 348 g/mol. The number of nitrogens with zero attached hydrogens (tertiary/aromatic N) is 1. The van der Waals surface area contributed by atoms with Crippen LogP contribution in [-0.2, 0) is 14.3 Å². The van der Waals surface area contributed by atoms with Crippen molar-refractivity contribution in [3.05, 3.63) is 29.8 Å². The van der Waals surface area contributed by atoms with Gasteiger partial charge in [0.1, 0.15) is 0 Å². The summed E-state index contributed by atoms with van der Waals surface area (Å²) in [4.78, 5) is 37.2. The maximum atomic E-state index is 12.1. The number of likely N-dealkylation sites (tertiary alicyclic amines) is 1. The van der Waals surface area contributed by atoms with E-state index in [-0.39, 0.29) is 19.1 Å². The molecule has 2 amide bonds. The highest BCUT2D eigenvalue weighted by molar-refractivity contribution is 5.92. The maximum Gasteiger partial charge on any atom is 0.411 e. The van der Waals surface area contributed by atoms with E-state index >= 15 is 0 Å². The smallest absolute Gasteiger partial charge is 0.411 e. The van der Waals surface area contributed by atoms with Crippen molar-refractivity contribution in [3.8, 4) is 0 Å². The fourth-order valence-electron chi connectivity index (χ4n) is 2.60. The Morgan fingerprint density at radius 3 is 2.24 bits per heavy atom. The van der Waals surface area contributed by atoms with Gasteiger partial charge in [0.05, 0.1) is 12.2 Å². The van der Waals surface area contributed by atoms with Gasteiger partial charge in [-0.1, -0.05) is 12.8 Å². The topological polar surface area (TPSA) is 84.9 Å². The average Bonchev–Trinajstić information content (AvgIpc) is 2.89. The number of benzene rings is 1. The second-order valence-corrected chi connectivity index (χ2v) is 5.79. The third kappa shape index (κ3) is 6.10. The van der Waals surface area contributed by atoms with Crippen LogP contribution in [0.15, 0.2) is 24.3 Å². The second kappa shape index (κ2) is 9.66. The molecule has 7 nitrogen and oxygen atoms in total. The van der Waals surface area contributed by atoms with Gasteiger partial charge in [0.15, 0.2) is 6.61 Å². The number of hydrogen-bond donors (Lipinski definition) is 1. The Kier molecular flexibility index (Phi) is 7.25. The minimum Gasteiger partial charge on any atom is -0.452 e. The van der Waals surface area contributed by atoms with Gasteiger partial charge in [-0.05, 0) is 44.0 Å². The zero-order valence-corrected chi connectivity index (χ0v) is 14.5. The lowest BCUT2D eigenvalue weighted by Crippen LogP contribution is -2.35. The van der Waals surface area contributed by atoms with Crippen molar-refractivity contribution in [1.29, 1.82) is 0 Å². The molecule has 0 aromatic heterocycles. The van der Waals surface area contributed by atoms with Gasteiger partial charge in [-0.3, -0.25) is 10.1 Å². The molecule has 7 heteroatoms. The van der Waals surface area contributed by atoms with Gasteiger partial charge in [0.2, 0.25) is 0 Å². The van der Waals surface area contributed by atoms with Crippen LogP contribution in [-0.4, -0.2) is 49.2 Å². The summed E-state index contributed by atoms with van der Waals surface area (Å²) < 4.78 is 9.87. The lowest BCUT2D eigenvalue weighted by atomic mass is 10.2. The summed E-state index contributed by atoms with van der Waals surface area (Å²) in [5.74, 6) is -0.721. The molecule has 136 valence electrons. The summed E-state index contributed by atoms with van der Waals surface area (Å²) in [6.07, 6.45) is 3.70. The fourth-order valence-corrected chi connectivity index (χ4v) is 2.60. The molecule has 25 heavy (non-hydrogen) atoms. The first-order valence-electron chi connectivity index (χ1n) is 8.59. The van der Waals surface area contributed by atoms with Crippen LogP contribution in [0.5, 0.6) is 0 Å². The highest BCUT2D eigenvalue weighted by atomic mass is 16.5. The molecule has 1 aliphatic heterocycles. The third-order valence-electron chi connectivity index (χ3n) is 3.93. The van der Waals surface area contributed by atoms with Crippen molar-refractivity contribution in [2.45, 2.75) is 32.6 Å². The standard InChI is InChI=1S/C18H24N2O5/c1-2-24-18(23)19-15-9-7-14(8-10-15)17(22)25-13-16(21)20-11-5-3-4-6-12-20/h7-10H,2-6,11-13H2,1H3,(H,19,23). The van der Waals surface area contributed by atoms with E-state index in [1.165, 1.54) is 12.1 Å². The number of carbonyl (C=O) groups excluding carboxylic acids is 3. The highest BCUT2D eigenvalue weighted by Gasteiger charge is 2.17. The van der Waals surface area contributed by atoms with Crippen molar-refractivity contribution < 1.29 is 23.9 Å². The van der Waals surface area contributed by atoms with Gasteiger partial charge in [-0.2, -0.15) is 0 Å². The van der Waals surface area contributed by atoms with Crippen molar-refractivity contribution in [2.75, 3.05) is 31.6 Å². The number of nitrogens with one attached hydrogen (secondary N) is 1. The minimum atomic E-state index is -0.564. The molecule has 0 unspecified atom stereocenters. The van der Waals surface area contributed by atoms with Crippen LogP contribution in [0.1, 0.15) is 43.0 Å². The van der Waals surface area contributed by atoms with E-state index in [2.05, 4.69) is 5.32 Å². The molecule has 0 atom stereocenters. The predicted octanol–water partition coefficient (Wildman–Crippen LogP) is 2.81. The minimum absolute atomic E-state index is 0.157. The van der Waals surface area contributed by atoms with Crippen LogP contribution in [0, 0.1) is 0 Å². The Hall–Kier alpha value is -2.57. The zero-order chi connectivity index (χ0) is 18.1. The molecule has 0 bridgehead atoms. The number of carbonyl (C=O) groups is 3. The normalized spacial score (nSPS) is 14.4. The number of anilines is 1. The molecular weight excluding hydrogens is 324 g/mol. The highest BCUT2D eigenvalue weighted by Crippen LogP contribution is 2.12. The molecule has 2 rings (SSSR count). The summed E-state index contributed by atoms with van der Waals surface area (Å²) >= 11 is 0. The molecule has 0 radical (unpaired) electrons. The molecule has 1 aromatic carbocycles. The van der Waals surface area contributed by atoms with Crippen LogP contribution < -0.4 is 5.32 Å². The van der Waals surface area contributed by atoms with E-state index in [1.54, 1.807) is 24.0 Å². The molecule has 0 spiro atoms. The van der Waals surface area contributed by atoms with E-state index in [0.29, 0.717) is 11.3 Å². The molecule has 0 aliphatic carbocycles. The molecule has 1 fully saturated rings. The Morgan fingerprint density at radius 2 is 1.64 bits per heavy atom. The van der Waals surface area contributed by atoms with E-state index in [1.807, 2.05) is 0 Å². The number of rotatable bonds is 5. The number of amides is 2. The lowest BCUT2D eigenvalue weighted by molar-refractivity contribution is -0.134. The van der Waals surface area contributed by atoms with Crippen LogP contribution in [0.3, 0.4) is 0 Å². The van der Waals surface area contributed by atoms with Crippen molar-refractivity contribution in [3.63, 3.8) is 0 Å². The Morgan fingerprint density at radius 1 is 1.00 bits per heavy atom. The quantitative estimate of drug-likeness (QED) is 0.827. The van der Waals surface area contributed by atoms with E-state index < -0.39 is 12.1 Å². The van der Waals surface area contributed by atoms with Crippen LogP contribution in [0.4, 0.5) is 10.5 Å². The van der Waals surface area contributed by atoms with Gasteiger partial charge < -0.3 is 14.4 Å². The first-order chi connectivity index (χ1) is 12.1. The van der Waals surface area contributed by atoms with E-state index in [4.69, 9.17) is 9.47 Å². The van der Waals surface area contributed by atoms with Gasteiger partial charge in [0, 0.05) is 18.8 Å². The van der Waals surface area contributed by atoms with Gasteiger partial charge in [-0.25, -0.2) is 9.59 Å². The Balaban J connectivity index is 1.81. The van der Waals surface area contributed by atoms with Crippen LogP contribution in [0.2, 0.25) is 0 Å². The molecule has 1 saturated heterocycles. The van der Waals surface area contributed by atoms with Crippen molar-refractivity contribution >= 4 is 23.7 Å². The molecule has 1 heterocycles. The largest absolute Gasteiger partial charge is 0.452 e. The molecule has 1 N–H and O–H groups in total. The fraction of sp³-hybridized carbons (Fsp3) is 0.500. The number of ether oxygens (including phenoxy) is 2. The Labute approximate surface area is 147 Å². The van der Waals surface area contributed by atoms with Gasteiger partial charge >= 0.3 is 12.1 Å². The third-order valence-corrected chi connectivity index (χ3v) is 3.93. The van der Waals surface area contributed by atoms with Gasteiger partial charge in [0.25, 0.3) is 5.91 Å². The second-order valence-electron chi connectivity index (χ2n) is 5.79. The zero-order valence-electron chi connectivity index (χ0n) is 14.5. The van der Waals surface area contributed by atoms with Crippen LogP contribution in [0.25, 0.3) is 0 Å². The van der Waals surface area contributed by atoms with Crippen LogP contribution >= 0.6 is 0 Å². The summed E-state index contributed by atoms with van der Waals surface area (Å²) in [5, 5.41) is 2.53. The summed E-state index contributed by atoms with van der Waals surface area (Å²) in [7, 11) is 0. The van der Waals surface area contributed by atoms with Gasteiger partial charge in [-0.15, -0.1) is 0 Å². The maximum absolute atomic E-state index is 12.1.